The summed E-state index contributed by atoms with van der Waals surface area (Å²) in [4.78, 5) is 16.4. The number of carbonyl (C=O) groups is 1. The molecule has 4 rings (SSSR count). The fraction of sp³-hybridized carbons (Fsp3) is 0.158. The smallest absolute Gasteiger partial charge is 0.231 e. The molecule has 0 fully saturated rings. The first kappa shape index (κ1) is 17.4. The van der Waals surface area contributed by atoms with Crippen LogP contribution in [0.25, 0.3) is 5.69 Å². The number of hydrogen-bond donors (Lipinski definition) is 1. The van der Waals surface area contributed by atoms with E-state index in [2.05, 4.69) is 10.3 Å². The number of aromatic nitrogens is 2. The van der Waals surface area contributed by atoms with Crippen molar-refractivity contribution in [3.8, 4) is 17.2 Å². The highest BCUT2D eigenvalue weighted by Gasteiger charge is 2.14. The van der Waals surface area contributed by atoms with Crippen LogP contribution in [-0.4, -0.2) is 28.0 Å². The number of halogens is 1. The van der Waals surface area contributed by atoms with Crippen LogP contribution >= 0.6 is 11.8 Å². The van der Waals surface area contributed by atoms with Crippen LogP contribution < -0.4 is 14.8 Å². The van der Waals surface area contributed by atoms with Crippen LogP contribution in [-0.2, 0) is 11.3 Å². The maximum absolute atomic E-state index is 13.4. The Morgan fingerprint density at radius 1 is 1.22 bits per heavy atom. The standard InChI is InChI=1S/C19H16FN3O3S/c20-14-2-1-3-15(9-14)23-7-6-21-19(23)27-11-18(24)22-10-13-4-5-16-17(8-13)26-12-25-16/h1-9H,10-12H2,(H,22,24). The van der Waals surface area contributed by atoms with E-state index in [1.807, 2.05) is 18.2 Å². The molecular formula is C19H16FN3O3S. The fourth-order valence-corrected chi connectivity index (χ4v) is 3.45. The van der Waals surface area contributed by atoms with Crippen molar-refractivity contribution >= 4 is 17.7 Å². The van der Waals surface area contributed by atoms with Crippen molar-refractivity contribution in [2.75, 3.05) is 12.5 Å². The molecule has 1 aromatic heterocycles. The highest BCUT2D eigenvalue weighted by Crippen LogP contribution is 2.32. The fourth-order valence-electron chi connectivity index (χ4n) is 2.65. The third kappa shape index (κ3) is 4.06. The predicted molar refractivity (Wildman–Crippen MR) is 98.7 cm³/mol. The summed E-state index contributed by atoms with van der Waals surface area (Å²) in [5.41, 5.74) is 1.59. The molecule has 1 amide bonds. The van der Waals surface area contributed by atoms with Crippen LogP contribution in [0.15, 0.2) is 60.0 Å². The number of imidazole rings is 1. The van der Waals surface area contributed by atoms with Gasteiger partial charge in [-0.3, -0.25) is 9.36 Å². The molecule has 2 aromatic carbocycles. The van der Waals surface area contributed by atoms with E-state index < -0.39 is 0 Å². The summed E-state index contributed by atoms with van der Waals surface area (Å²) < 4.78 is 25.8. The molecule has 0 spiro atoms. The zero-order chi connectivity index (χ0) is 18.6. The van der Waals surface area contributed by atoms with Gasteiger partial charge in [-0.2, -0.15) is 0 Å². The van der Waals surface area contributed by atoms with Gasteiger partial charge in [-0.15, -0.1) is 0 Å². The summed E-state index contributed by atoms with van der Waals surface area (Å²) in [6.07, 6.45) is 3.36. The Kier molecular flexibility index (Phi) is 4.97. The molecule has 3 aromatic rings. The molecule has 2 heterocycles. The lowest BCUT2D eigenvalue weighted by Crippen LogP contribution is -2.24. The van der Waals surface area contributed by atoms with Crippen molar-refractivity contribution in [3.63, 3.8) is 0 Å². The number of thioether (sulfide) groups is 1. The van der Waals surface area contributed by atoms with Crippen molar-refractivity contribution in [1.82, 2.24) is 14.9 Å². The second-order valence-electron chi connectivity index (χ2n) is 5.81. The Morgan fingerprint density at radius 3 is 3.00 bits per heavy atom. The van der Waals surface area contributed by atoms with Crippen molar-refractivity contribution in [2.45, 2.75) is 11.7 Å². The summed E-state index contributed by atoms with van der Waals surface area (Å²) in [5, 5.41) is 3.49. The number of fused-ring (bicyclic) bond motifs is 1. The Hall–Kier alpha value is -3.00. The van der Waals surface area contributed by atoms with Gasteiger partial charge < -0.3 is 14.8 Å². The Morgan fingerprint density at radius 2 is 2.11 bits per heavy atom. The summed E-state index contributed by atoms with van der Waals surface area (Å²) in [6.45, 7) is 0.619. The lowest BCUT2D eigenvalue weighted by molar-refractivity contribution is -0.118. The van der Waals surface area contributed by atoms with Gasteiger partial charge in [0.25, 0.3) is 0 Å². The molecule has 0 bridgehead atoms. The van der Waals surface area contributed by atoms with E-state index in [0.717, 1.165) is 5.56 Å². The minimum Gasteiger partial charge on any atom is -0.454 e. The second-order valence-corrected chi connectivity index (χ2v) is 6.76. The first-order valence-electron chi connectivity index (χ1n) is 8.26. The van der Waals surface area contributed by atoms with Gasteiger partial charge in [0.05, 0.1) is 11.4 Å². The van der Waals surface area contributed by atoms with E-state index in [4.69, 9.17) is 9.47 Å². The Labute approximate surface area is 159 Å². The third-order valence-corrected chi connectivity index (χ3v) is 4.92. The zero-order valence-electron chi connectivity index (χ0n) is 14.2. The molecule has 1 aliphatic rings. The molecule has 0 saturated carbocycles. The minimum atomic E-state index is -0.321. The van der Waals surface area contributed by atoms with Crippen LogP contribution in [0.1, 0.15) is 5.56 Å². The molecule has 27 heavy (non-hydrogen) atoms. The predicted octanol–water partition coefficient (Wildman–Crippen LogP) is 3.15. The Balaban J connectivity index is 1.33. The Bertz CT molecular complexity index is 976. The molecule has 0 aliphatic carbocycles. The number of nitrogens with zero attached hydrogens (tertiary/aromatic N) is 2. The van der Waals surface area contributed by atoms with E-state index in [1.54, 1.807) is 29.1 Å². The highest BCUT2D eigenvalue weighted by atomic mass is 32.2. The van der Waals surface area contributed by atoms with Gasteiger partial charge in [-0.25, -0.2) is 9.37 Å². The normalized spacial score (nSPS) is 12.2. The number of carbonyl (C=O) groups excluding carboxylic acids is 1. The van der Waals surface area contributed by atoms with Crippen LogP contribution in [0, 0.1) is 5.82 Å². The molecule has 0 atom stereocenters. The monoisotopic (exact) mass is 385 g/mol. The summed E-state index contributed by atoms with van der Waals surface area (Å²) in [5.74, 6) is 1.17. The van der Waals surface area contributed by atoms with Crippen molar-refractivity contribution in [2.24, 2.45) is 0 Å². The van der Waals surface area contributed by atoms with Crippen molar-refractivity contribution in [1.29, 1.82) is 0 Å². The van der Waals surface area contributed by atoms with Gasteiger partial charge in [0.1, 0.15) is 5.82 Å². The van der Waals surface area contributed by atoms with Crippen molar-refractivity contribution < 1.29 is 18.7 Å². The topological polar surface area (TPSA) is 65.4 Å². The summed E-state index contributed by atoms with van der Waals surface area (Å²) in [7, 11) is 0. The molecule has 138 valence electrons. The first-order valence-corrected chi connectivity index (χ1v) is 9.25. The summed E-state index contributed by atoms with van der Waals surface area (Å²) in [6, 6.07) is 11.8. The van der Waals surface area contributed by atoms with Gasteiger partial charge in [0, 0.05) is 18.9 Å². The molecule has 0 saturated heterocycles. The lowest BCUT2D eigenvalue weighted by Gasteiger charge is -2.08. The molecule has 0 unspecified atom stereocenters. The van der Waals surface area contributed by atoms with Crippen LogP contribution in [0.3, 0.4) is 0 Å². The van der Waals surface area contributed by atoms with Gasteiger partial charge in [-0.05, 0) is 35.9 Å². The molecule has 1 N–H and O–H groups in total. The maximum Gasteiger partial charge on any atom is 0.231 e. The minimum absolute atomic E-state index is 0.119. The van der Waals surface area contributed by atoms with E-state index in [-0.39, 0.29) is 24.3 Å². The van der Waals surface area contributed by atoms with Gasteiger partial charge in [0.15, 0.2) is 16.7 Å². The molecule has 6 nitrogen and oxygen atoms in total. The average molecular weight is 385 g/mol. The first-order chi connectivity index (χ1) is 13.2. The number of nitrogens with one attached hydrogen (secondary N) is 1. The van der Waals surface area contributed by atoms with Crippen LogP contribution in [0.5, 0.6) is 11.5 Å². The number of hydrogen-bond acceptors (Lipinski definition) is 5. The number of benzene rings is 2. The number of rotatable bonds is 6. The SMILES string of the molecule is O=C(CSc1nccn1-c1cccc(F)c1)NCc1ccc2c(c1)OCO2. The van der Waals surface area contributed by atoms with Crippen LogP contribution in [0.2, 0.25) is 0 Å². The number of amides is 1. The van der Waals surface area contributed by atoms with Crippen LogP contribution in [0.4, 0.5) is 4.39 Å². The van der Waals surface area contributed by atoms with Gasteiger partial charge in [-0.1, -0.05) is 23.9 Å². The van der Waals surface area contributed by atoms with E-state index >= 15 is 0 Å². The second kappa shape index (κ2) is 7.71. The molecular weight excluding hydrogens is 369 g/mol. The zero-order valence-corrected chi connectivity index (χ0v) is 15.0. The van der Waals surface area contributed by atoms with Gasteiger partial charge >= 0.3 is 0 Å². The average Bonchev–Trinajstić information content (AvgIpc) is 3.33. The lowest BCUT2D eigenvalue weighted by atomic mass is 10.2. The van der Waals surface area contributed by atoms with Crippen molar-refractivity contribution in [3.05, 3.63) is 66.2 Å². The number of ether oxygens (including phenoxy) is 2. The molecule has 8 heteroatoms. The molecule has 1 aliphatic heterocycles. The maximum atomic E-state index is 13.4. The molecule has 0 radical (unpaired) electrons. The third-order valence-electron chi connectivity index (χ3n) is 3.95. The van der Waals surface area contributed by atoms with E-state index in [0.29, 0.717) is 28.9 Å². The largest absolute Gasteiger partial charge is 0.454 e. The highest BCUT2D eigenvalue weighted by molar-refractivity contribution is 7.99. The quantitative estimate of drug-likeness (QED) is 0.661. The van der Waals surface area contributed by atoms with E-state index in [1.165, 1.54) is 23.9 Å². The summed E-state index contributed by atoms with van der Waals surface area (Å²) >= 11 is 1.29. The van der Waals surface area contributed by atoms with Gasteiger partial charge in [0.2, 0.25) is 12.7 Å². The van der Waals surface area contributed by atoms with E-state index in [9.17, 15) is 9.18 Å².